The highest BCUT2D eigenvalue weighted by atomic mass is 16.5. The molecule has 2 aromatic rings. The molecule has 2 atom stereocenters. The fourth-order valence-corrected chi connectivity index (χ4v) is 4.18. The fourth-order valence-electron chi connectivity index (χ4n) is 4.18. The normalized spacial score (nSPS) is 20.4. The van der Waals surface area contributed by atoms with Crippen LogP contribution in [0.3, 0.4) is 0 Å². The zero-order chi connectivity index (χ0) is 24.1. The molecule has 1 aliphatic carbocycles. The Morgan fingerprint density at radius 2 is 2.03 bits per heavy atom. The summed E-state index contributed by atoms with van der Waals surface area (Å²) in [4.78, 5) is 33.4. The van der Waals surface area contributed by atoms with Gasteiger partial charge in [0.1, 0.15) is 5.71 Å². The number of ether oxygens (including phenoxy) is 1. The van der Waals surface area contributed by atoms with Crippen LogP contribution < -0.4 is 10.5 Å². The molecule has 176 valence electrons. The van der Waals surface area contributed by atoms with Crippen LogP contribution in [0.2, 0.25) is 0 Å². The number of nitrogens with zero attached hydrogens (tertiary/aromatic N) is 4. The van der Waals surface area contributed by atoms with Gasteiger partial charge in [0.25, 0.3) is 0 Å². The van der Waals surface area contributed by atoms with Crippen LogP contribution in [-0.4, -0.2) is 51.6 Å². The SMILES string of the molecule is CCOc1cnc(-c2cccc(CC3=NN(C4C=CC=C(C(N)=O)C4)CC(C)CC3=O)c2)nc1. The second-order valence-corrected chi connectivity index (χ2v) is 8.67. The van der Waals surface area contributed by atoms with Crippen molar-refractivity contribution in [1.29, 1.82) is 0 Å². The molecule has 4 rings (SSSR count). The number of Topliss-reactive ketones (excluding diaryl/α,β-unsaturated/α-hetero) is 1. The maximum Gasteiger partial charge on any atom is 0.244 e. The molecule has 2 N–H and O–H groups in total. The summed E-state index contributed by atoms with van der Waals surface area (Å²) in [5.74, 6) is 0.983. The summed E-state index contributed by atoms with van der Waals surface area (Å²) < 4.78 is 5.42. The second kappa shape index (κ2) is 10.4. The third-order valence-electron chi connectivity index (χ3n) is 5.86. The van der Waals surface area contributed by atoms with Gasteiger partial charge in [-0.25, -0.2) is 9.97 Å². The summed E-state index contributed by atoms with van der Waals surface area (Å²) in [5.41, 5.74) is 8.38. The molecule has 0 fully saturated rings. The topological polar surface area (TPSA) is 111 Å². The molecule has 0 saturated heterocycles. The van der Waals surface area contributed by atoms with Crippen molar-refractivity contribution in [3.05, 3.63) is 66.0 Å². The average Bonchev–Trinajstić information content (AvgIpc) is 2.97. The number of nitrogens with two attached hydrogens (primary N) is 1. The van der Waals surface area contributed by atoms with Crippen molar-refractivity contribution in [1.82, 2.24) is 15.0 Å². The van der Waals surface area contributed by atoms with Gasteiger partial charge in [0, 0.05) is 36.9 Å². The lowest BCUT2D eigenvalue weighted by Gasteiger charge is -2.30. The molecule has 1 aromatic carbocycles. The lowest BCUT2D eigenvalue weighted by Crippen LogP contribution is -2.35. The predicted octanol–water partition coefficient (Wildman–Crippen LogP) is 3.09. The van der Waals surface area contributed by atoms with E-state index in [4.69, 9.17) is 15.6 Å². The highest BCUT2D eigenvalue weighted by Gasteiger charge is 2.28. The Balaban J connectivity index is 1.56. The largest absolute Gasteiger partial charge is 0.491 e. The molecule has 2 unspecified atom stereocenters. The first-order valence-electron chi connectivity index (χ1n) is 11.5. The van der Waals surface area contributed by atoms with Gasteiger partial charge in [0.2, 0.25) is 5.91 Å². The Bertz CT molecular complexity index is 1150. The molecule has 2 aliphatic rings. The van der Waals surface area contributed by atoms with E-state index in [0.29, 0.717) is 55.3 Å². The molecule has 0 saturated carbocycles. The maximum atomic E-state index is 13.0. The molecular formula is C26H29N5O3. The number of aromatic nitrogens is 2. The number of hydrazone groups is 1. The maximum absolute atomic E-state index is 13.0. The molecule has 0 bridgehead atoms. The zero-order valence-electron chi connectivity index (χ0n) is 19.5. The minimum absolute atomic E-state index is 0.0446. The Hall–Kier alpha value is -3.81. The van der Waals surface area contributed by atoms with Crippen molar-refractivity contribution in [2.75, 3.05) is 13.2 Å². The number of primary amides is 1. The van der Waals surface area contributed by atoms with Gasteiger partial charge in [-0.15, -0.1) is 0 Å². The second-order valence-electron chi connectivity index (χ2n) is 8.67. The third-order valence-corrected chi connectivity index (χ3v) is 5.86. The molecule has 0 radical (unpaired) electrons. The Morgan fingerprint density at radius 3 is 2.76 bits per heavy atom. The van der Waals surface area contributed by atoms with E-state index in [1.807, 2.05) is 55.3 Å². The highest BCUT2D eigenvalue weighted by molar-refractivity contribution is 6.40. The van der Waals surface area contributed by atoms with Crippen molar-refractivity contribution in [3.8, 4) is 17.1 Å². The van der Waals surface area contributed by atoms with Crippen LogP contribution in [0, 0.1) is 5.92 Å². The van der Waals surface area contributed by atoms with Gasteiger partial charge in [-0.2, -0.15) is 5.10 Å². The zero-order valence-corrected chi connectivity index (χ0v) is 19.5. The first-order valence-corrected chi connectivity index (χ1v) is 11.5. The van der Waals surface area contributed by atoms with Crippen LogP contribution in [0.4, 0.5) is 0 Å². The average molecular weight is 460 g/mol. The van der Waals surface area contributed by atoms with E-state index < -0.39 is 5.91 Å². The number of rotatable bonds is 7. The summed E-state index contributed by atoms with van der Waals surface area (Å²) in [6.45, 7) is 5.15. The summed E-state index contributed by atoms with van der Waals surface area (Å²) >= 11 is 0. The fraction of sp³-hybridized carbons (Fsp3) is 0.346. The Morgan fingerprint density at radius 1 is 1.24 bits per heavy atom. The third kappa shape index (κ3) is 5.57. The van der Waals surface area contributed by atoms with Crippen molar-refractivity contribution in [2.45, 2.75) is 39.2 Å². The van der Waals surface area contributed by atoms with Gasteiger partial charge < -0.3 is 10.5 Å². The molecule has 2 heterocycles. The molecular weight excluding hydrogens is 430 g/mol. The van der Waals surface area contributed by atoms with E-state index in [1.165, 1.54) is 0 Å². The van der Waals surface area contributed by atoms with Gasteiger partial charge in [-0.3, -0.25) is 14.6 Å². The lowest BCUT2D eigenvalue weighted by atomic mass is 9.97. The number of hydrogen-bond donors (Lipinski definition) is 1. The number of carbonyl (C=O) groups excluding carboxylic acids is 2. The Kier molecular flexibility index (Phi) is 7.15. The predicted molar refractivity (Wildman–Crippen MR) is 130 cm³/mol. The summed E-state index contributed by atoms with van der Waals surface area (Å²) in [7, 11) is 0. The molecule has 1 aromatic heterocycles. The van der Waals surface area contributed by atoms with Gasteiger partial charge in [0.05, 0.1) is 25.0 Å². The molecule has 34 heavy (non-hydrogen) atoms. The van der Waals surface area contributed by atoms with E-state index in [1.54, 1.807) is 18.5 Å². The van der Waals surface area contributed by atoms with E-state index >= 15 is 0 Å². The van der Waals surface area contributed by atoms with Crippen LogP contribution in [0.25, 0.3) is 11.4 Å². The quantitative estimate of drug-likeness (QED) is 0.681. The number of benzene rings is 1. The number of carbonyl (C=O) groups is 2. The Labute approximate surface area is 199 Å². The van der Waals surface area contributed by atoms with Crippen molar-refractivity contribution >= 4 is 17.4 Å². The standard InChI is InChI=1S/C26H29N5O3/c1-3-34-22-14-28-26(29-15-22)20-8-4-6-18(11-20)12-23-24(32)10-17(2)16-31(30-23)21-9-5-7-19(13-21)25(27)33/h4-9,11,14-15,17,21H,3,10,12-13,16H2,1-2H3,(H2,27,33). The minimum Gasteiger partial charge on any atom is -0.491 e. The van der Waals surface area contributed by atoms with Crippen LogP contribution in [0.1, 0.15) is 32.3 Å². The number of allylic oxidation sites excluding steroid dienone is 2. The van der Waals surface area contributed by atoms with E-state index in [9.17, 15) is 9.59 Å². The van der Waals surface area contributed by atoms with E-state index in [0.717, 1.165) is 11.1 Å². The molecule has 1 amide bonds. The van der Waals surface area contributed by atoms with Gasteiger partial charge in [-0.05, 0) is 24.5 Å². The van der Waals surface area contributed by atoms with Crippen molar-refractivity contribution < 1.29 is 14.3 Å². The lowest BCUT2D eigenvalue weighted by molar-refractivity contribution is -0.115. The molecule has 8 heteroatoms. The monoisotopic (exact) mass is 459 g/mol. The highest BCUT2D eigenvalue weighted by Crippen LogP contribution is 2.24. The van der Waals surface area contributed by atoms with E-state index in [2.05, 4.69) is 9.97 Å². The molecule has 8 nitrogen and oxygen atoms in total. The first-order chi connectivity index (χ1) is 16.4. The number of amides is 1. The van der Waals surface area contributed by atoms with Crippen molar-refractivity contribution in [2.24, 2.45) is 16.8 Å². The van der Waals surface area contributed by atoms with Gasteiger partial charge >= 0.3 is 0 Å². The summed E-state index contributed by atoms with van der Waals surface area (Å²) in [5, 5.41) is 6.70. The number of hydrogen-bond acceptors (Lipinski definition) is 7. The smallest absolute Gasteiger partial charge is 0.244 e. The number of ketones is 1. The van der Waals surface area contributed by atoms with Gasteiger partial charge in [-0.1, -0.05) is 43.4 Å². The van der Waals surface area contributed by atoms with E-state index in [-0.39, 0.29) is 17.7 Å². The van der Waals surface area contributed by atoms with Crippen molar-refractivity contribution in [3.63, 3.8) is 0 Å². The van der Waals surface area contributed by atoms with Crippen LogP contribution in [0.15, 0.2) is 65.6 Å². The van der Waals surface area contributed by atoms with Gasteiger partial charge in [0.15, 0.2) is 17.4 Å². The molecule has 1 aliphatic heterocycles. The van der Waals surface area contributed by atoms with Crippen LogP contribution in [0.5, 0.6) is 5.75 Å². The van der Waals surface area contributed by atoms with Crippen LogP contribution in [-0.2, 0) is 16.0 Å². The van der Waals surface area contributed by atoms with Crippen LogP contribution >= 0.6 is 0 Å². The molecule has 0 spiro atoms. The first kappa shape index (κ1) is 23.4. The minimum atomic E-state index is -0.425. The summed E-state index contributed by atoms with van der Waals surface area (Å²) in [6, 6.07) is 7.72. The summed E-state index contributed by atoms with van der Waals surface area (Å²) in [6.07, 6.45) is 10.2.